The summed E-state index contributed by atoms with van der Waals surface area (Å²) in [6.45, 7) is 6.38. The molecule has 0 saturated heterocycles. The van der Waals surface area contributed by atoms with Crippen molar-refractivity contribution in [3.63, 3.8) is 0 Å². The summed E-state index contributed by atoms with van der Waals surface area (Å²) in [5.74, 6) is 2.93. The molecule has 23 heavy (non-hydrogen) atoms. The number of hydrogen-bond donors (Lipinski definition) is 0. The molecule has 3 aromatic rings. The largest absolute Gasteiger partial charge is 0.485 e. The van der Waals surface area contributed by atoms with Crippen molar-refractivity contribution in [3.05, 3.63) is 72.4 Å². The lowest BCUT2D eigenvalue weighted by Crippen LogP contribution is -1.94. The molecule has 2 aromatic carbocycles. The summed E-state index contributed by atoms with van der Waals surface area (Å²) in [7, 11) is 0. The van der Waals surface area contributed by atoms with Gasteiger partial charge in [0, 0.05) is 6.07 Å². The molecule has 0 atom stereocenters. The van der Waals surface area contributed by atoms with E-state index in [1.807, 2.05) is 69.3 Å². The van der Waals surface area contributed by atoms with Gasteiger partial charge in [0.1, 0.15) is 23.9 Å². The lowest BCUT2D eigenvalue weighted by molar-refractivity contribution is 0.269. The van der Waals surface area contributed by atoms with E-state index in [0.29, 0.717) is 12.4 Å². The number of hydrogen-bond acceptors (Lipinski definition) is 4. The van der Waals surface area contributed by atoms with Gasteiger partial charge in [0.05, 0.1) is 6.20 Å². The molecule has 4 heteroatoms. The molecule has 0 spiro atoms. The Balaban J connectivity index is 0.000000924. The Morgan fingerprint density at radius 2 is 1.70 bits per heavy atom. The highest BCUT2D eigenvalue weighted by molar-refractivity contribution is 5.37. The Morgan fingerprint density at radius 1 is 0.957 bits per heavy atom. The van der Waals surface area contributed by atoms with E-state index < -0.39 is 0 Å². The zero-order valence-electron chi connectivity index (χ0n) is 13.7. The number of nitrogens with zero attached hydrogens (tertiary/aromatic N) is 1. The van der Waals surface area contributed by atoms with Crippen molar-refractivity contribution in [2.24, 2.45) is 0 Å². The van der Waals surface area contributed by atoms with Crippen molar-refractivity contribution in [2.45, 2.75) is 27.4 Å². The van der Waals surface area contributed by atoms with Gasteiger partial charge in [0.2, 0.25) is 0 Å². The van der Waals surface area contributed by atoms with Gasteiger partial charge >= 0.3 is 0 Å². The van der Waals surface area contributed by atoms with Crippen LogP contribution in [0.1, 0.15) is 25.2 Å². The van der Waals surface area contributed by atoms with Gasteiger partial charge in [0.25, 0.3) is 0 Å². The van der Waals surface area contributed by atoms with Gasteiger partial charge in [-0.2, -0.15) is 0 Å². The quantitative estimate of drug-likeness (QED) is 0.634. The monoisotopic (exact) mass is 311 g/mol. The molecule has 0 amide bonds. The molecule has 1 heterocycles. The summed E-state index contributed by atoms with van der Waals surface area (Å²) in [4.78, 5) is 3.84. The first-order valence-electron chi connectivity index (χ1n) is 7.64. The maximum absolute atomic E-state index is 5.80. The van der Waals surface area contributed by atoms with E-state index >= 15 is 0 Å². The first-order valence-corrected chi connectivity index (χ1v) is 7.64. The lowest BCUT2D eigenvalue weighted by atomic mass is 10.2. The molecule has 0 bridgehead atoms. The van der Waals surface area contributed by atoms with Crippen LogP contribution in [-0.4, -0.2) is 4.98 Å². The summed E-state index contributed by atoms with van der Waals surface area (Å²) in [6.07, 6.45) is 3.02. The van der Waals surface area contributed by atoms with E-state index in [9.17, 15) is 0 Å². The summed E-state index contributed by atoms with van der Waals surface area (Å²) < 4.78 is 16.6. The van der Waals surface area contributed by atoms with Crippen molar-refractivity contribution >= 4 is 0 Å². The SMILES string of the molecule is CC.Cc1ccc(Oc2cccc(OCc3cnco3)c2)cc1. The molecule has 1 aromatic heterocycles. The van der Waals surface area contributed by atoms with Crippen molar-refractivity contribution in [1.82, 2.24) is 4.98 Å². The van der Waals surface area contributed by atoms with Crippen LogP contribution in [0.15, 0.2) is 65.5 Å². The molecule has 0 saturated carbocycles. The number of ether oxygens (including phenoxy) is 2. The van der Waals surface area contributed by atoms with Crippen LogP contribution < -0.4 is 9.47 Å². The summed E-state index contributed by atoms with van der Waals surface area (Å²) in [5.41, 5.74) is 1.20. The van der Waals surface area contributed by atoms with E-state index in [1.54, 1.807) is 6.20 Å². The van der Waals surface area contributed by atoms with E-state index in [1.165, 1.54) is 12.0 Å². The number of rotatable bonds is 5. The molecular weight excluding hydrogens is 290 g/mol. The number of benzene rings is 2. The van der Waals surface area contributed by atoms with Gasteiger partial charge in [-0.05, 0) is 31.2 Å². The Hall–Kier alpha value is -2.75. The zero-order valence-corrected chi connectivity index (χ0v) is 13.7. The summed E-state index contributed by atoms with van der Waals surface area (Å²) in [5, 5.41) is 0. The van der Waals surface area contributed by atoms with Crippen LogP contribution in [0.3, 0.4) is 0 Å². The average molecular weight is 311 g/mol. The molecule has 120 valence electrons. The number of aromatic nitrogens is 1. The topological polar surface area (TPSA) is 44.5 Å². The van der Waals surface area contributed by atoms with E-state index in [0.717, 1.165) is 17.2 Å². The molecule has 0 radical (unpaired) electrons. The van der Waals surface area contributed by atoms with Crippen molar-refractivity contribution in [1.29, 1.82) is 0 Å². The molecule has 0 N–H and O–H groups in total. The second kappa shape index (κ2) is 8.63. The minimum absolute atomic E-state index is 0.341. The van der Waals surface area contributed by atoms with Gasteiger partial charge in [0.15, 0.2) is 12.2 Å². The molecule has 0 unspecified atom stereocenters. The van der Waals surface area contributed by atoms with Crippen LogP contribution >= 0.6 is 0 Å². The molecule has 3 rings (SSSR count). The Labute approximate surface area is 136 Å². The van der Waals surface area contributed by atoms with Gasteiger partial charge in [-0.15, -0.1) is 0 Å². The fourth-order valence-corrected chi connectivity index (χ4v) is 1.84. The maximum atomic E-state index is 5.80. The molecule has 4 nitrogen and oxygen atoms in total. The van der Waals surface area contributed by atoms with E-state index in [-0.39, 0.29) is 0 Å². The Bertz CT molecular complexity index is 691. The van der Waals surface area contributed by atoms with Crippen LogP contribution in [0.4, 0.5) is 0 Å². The first kappa shape index (κ1) is 16.6. The molecule has 0 aliphatic rings. The highest BCUT2D eigenvalue weighted by Gasteiger charge is 2.02. The minimum atomic E-state index is 0.341. The second-order valence-corrected chi connectivity index (χ2v) is 4.65. The fourth-order valence-electron chi connectivity index (χ4n) is 1.84. The van der Waals surface area contributed by atoms with Gasteiger partial charge in [-0.25, -0.2) is 4.98 Å². The highest BCUT2D eigenvalue weighted by atomic mass is 16.5. The van der Waals surface area contributed by atoms with Gasteiger partial charge in [-0.3, -0.25) is 0 Å². The number of aryl methyl sites for hydroxylation is 1. The predicted octanol–water partition coefficient (Wildman–Crippen LogP) is 5.38. The third kappa shape index (κ3) is 5.18. The second-order valence-electron chi connectivity index (χ2n) is 4.65. The van der Waals surface area contributed by atoms with Crippen molar-refractivity contribution < 1.29 is 13.9 Å². The van der Waals surface area contributed by atoms with E-state index in [2.05, 4.69) is 4.98 Å². The third-order valence-corrected chi connectivity index (χ3v) is 2.93. The van der Waals surface area contributed by atoms with Crippen LogP contribution in [0, 0.1) is 6.92 Å². The standard InChI is InChI=1S/C17H15NO3.C2H6/c1-13-5-7-14(8-6-13)21-16-4-2-3-15(9-16)19-11-17-10-18-12-20-17;1-2/h2-10,12H,11H2,1H3;1-2H3. The van der Waals surface area contributed by atoms with Crippen LogP contribution in [-0.2, 0) is 6.61 Å². The molecule has 0 aliphatic heterocycles. The smallest absolute Gasteiger partial charge is 0.181 e. The first-order chi connectivity index (χ1) is 11.3. The predicted molar refractivity (Wildman–Crippen MR) is 89.9 cm³/mol. The zero-order chi connectivity index (χ0) is 16.5. The fraction of sp³-hybridized carbons (Fsp3) is 0.211. The van der Waals surface area contributed by atoms with Crippen LogP contribution in [0.2, 0.25) is 0 Å². The lowest BCUT2D eigenvalue weighted by Gasteiger charge is -2.08. The minimum Gasteiger partial charge on any atom is -0.485 e. The number of oxazole rings is 1. The summed E-state index contributed by atoms with van der Waals surface area (Å²) in [6, 6.07) is 15.4. The van der Waals surface area contributed by atoms with Crippen LogP contribution in [0.5, 0.6) is 17.2 Å². The van der Waals surface area contributed by atoms with Crippen molar-refractivity contribution in [2.75, 3.05) is 0 Å². The van der Waals surface area contributed by atoms with Gasteiger partial charge < -0.3 is 13.9 Å². The Morgan fingerprint density at radius 3 is 2.39 bits per heavy atom. The van der Waals surface area contributed by atoms with Crippen molar-refractivity contribution in [3.8, 4) is 17.2 Å². The molecule has 0 aliphatic carbocycles. The van der Waals surface area contributed by atoms with E-state index in [4.69, 9.17) is 13.9 Å². The maximum Gasteiger partial charge on any atom is 0.181 e. The normalized spacial score (nSPS) is 9.70. The highest BCUT2D eigenvalue weighted by Crippen LogP contribution is 2.25. The molecule has 0 fully saturated rings. The average Bonchev–Trinajstić information content (AvgIpc) is 3.11. The third-order valence-electron chi connectivity index (χ3n) is 2.93. The summed E-state index contributed by atoms with van der Waals surface area (Å²) >= 11 is 0. The Kier molecular flexibility index (Phi) is 6.24. The van der Waals surface area contributed by atoms with Gasteiger partial charge in [-0.1, -0.05) is 37.6 Å². The molecular formula is C19H21NO3. The van der Waals surface area contributed by atoms with Crippen LogP contribution in [0.25, 0.3) is 0 Å².